The van der Waals surface area contributed by atoms with Crippen molar-refractivity contribution in [3.05, 3.63) is 23.7 Å². The Hall–Kier alpha value is -1.37. The minimum atomic E-state index is -0.469. The van der Waals surface area contributed by atoms with Crippen LogP contribution in [0.5, 0.6) is 0 Å². The number of ether oxygens (including phenoxy) is 1. The van der Waals surface area contributed by atoms with E-state index in [0.717, 1.165) is 13.1 Å². The number of aryl methyl sites for hydroxylation is 1. The van der Waals surface area contributed by atoms with Crippen LogP contribution in [0.2, 0.25) is 0 Å². The van der Waals surface area contributed by atoms with Crippen LogP contribution in [0.3, 0.4) is 0 Å². The Bertz CT molecular complexity index is 452. The third-order valence-electron chi connectivity index (χ3n) is 3.73. The lowest BCUT2D eigenvalue weighted by molar-refractivity contribution is 0.0111. The smallest absolute Gasteiger partial charge is 0.257 e. The topological polar surface area (TPSA) is 66.2 Å². The molecule has 1 amide bonds. The number of nitrogens with zero attached hydrogens (tertiary/aromatic N) is 2. The summed E-state index contributed by atoms with van der Waals surface area (Å²) in [5, 5.41) is 9.83. The number of hydrogen-bond acceptors (Lipinski definition) is 5. The number of piperazine rings is 1. The van der Waals surface area contributed by atoms with E-state index < -0.39 is 6.10 Å². The Balaban J connectivity index is 1.78. The summed E-state index contributed by atoms with van der Waals surface area (Å²) in [6, 6.07) is 1.72. The van der Waals surface area contributed by atoms with Gasteiger partial charge in [0.15, 0.2) is 0 Å². The van der Waals surface area contributed by atoms with E-state index in [4.69, 9.17) is 9.15 Å². The van der Waals surface area contributed by atoms with E-state index in [2.05, 4.69) is 4.90 Å². The van der Waals surface area contributed by atoms with Crippen LogP contribution >= 0.6 is 0 Å². The summed E-state index contributed by atoms with van der Waals surface area (Å²) < 4.78 is 10.4. The van der Waals surface area contributed by atoms with E-state index in [1.807, 2.05) is 11.8 Å². The molecule has 2 rings (SSSR count). The van der Waals surface area contributed by atoms with Crippen LogP contribution in [-0.2, 0) is 4.74 Å². The van der Waals surface area contributed by atoms with Crippen molar-refractivity contribution in [2.75, 3.05) is 45.9 Å². The van der Waals surface area contributed by atoms with Crippen molar-refractivity contribution >= 4 is 5.91 Å². The number of amides is 1. The lowest BCUT2D eigenvalue weighted by Crippen LogP contribution is -2.50. The minimum Gasteiger partial charge on any atom is -0.469 e. The molecular formula is C15H24N2O4. The third kappa shape index (κ3) is 4.30. The molecular weight excluding hydrogens is 272 g/mol. The molecule has 0 spiro atoms. The SMILES string of the molecule is CCOC[C@H](O)CN1CCN(C(=O)c2ccoc2C)CC1. The van der Waals surface area contributed by atoms with Gasteiger partial charge in [0.25, 0.3) is 5.91 Å². The first-order valence-electron chi connectivity index (χ1n) is 7.43. The molecule has 1 aliphatic heterocycles. The first kappa shape index (κ1) is 16.0. The molecule has 0 radical (unpaired) electrons. The van der Waals surface area contributed by atoms with Crippen LogP contribution in [-0.4, -0.2) is 72.9 Å². The molecule has 0 unspecified atom stereocenters. The first-order valence-corrected chi connectivity index (χ1v) is 7.43. The molecule has 0 aliphatic carbocycles. The Morgan fingerprint density at radius 2 is 2.14 bits per heavy atom. The number of furan rings is 1. The standard InChI is InChI=1S/C15H24N2O4/c1-3-20-11-13(18)10-16-5-7-17(8-6-16)15(19)14-4-9-21-12(14)2/h4,9,13,18H,3,5-8,10-11H2,1-2H3/t13-/m1/s1. The highest BCUT2D eigenvalue weighted by Gasteiger charge is 2.24. The van der Waals surface area contributed by atoms with Crippen LogP contribution in [0, 0.1) is 6.92 Å². The molecule has 1 N–H and O–H groups in total. The largest absolute Gasteiger partial charge is 0.469 e. The Morgan fingerprint density at radius 3 is 2.71 bits per heavy atom. The normalized spacial score (nSPS) is 18.0. The molecule has 1 aromatic heterocycles. The van der Waals surface area contributed by atoms with Crippen LogP contribution in [0.25, 0.3) is 0 Å². The summed E-state index contributed by atoms with van der Waals surface area (Å²) in [4.78, 5) is 16.3. The number of carbonyl (C=O) groups excluding carboxylic acids is 1. The van der Waals surface area contributed by atoms with Crippen molar-refractivity contribution in [2.45, 2.75) is 20.0 Å². The van der Waals surface area contributed by atoms with Crippen molar-refractivity contribution in [1.29, 1.82) is 0 Å². The first-order chi connectivity index (χ1) is 10.1. The fraction of sp³-hybridized carbons (Fsp3) is 0.667. The molecule has 1 atom stereocenters. The molecule has 0 bridgehead atoms. The van der Waals surface area contributed by atoms with Gasteiger partial charge in [-0.05, 0) is 19.9 Å². The Labute approximate surface area is 125 Å². The van der Waals surface area contributed by atoms with Gasteiger partial charge in [-0.15, -0.1) is 0 Å². The van der Waals surface area contributed by atoms with E-state index in [9.17, 15) is 9.90 Å². The lowest BCUT2D eigenvalue weighted by Gasteiger charge is -2.35. The summed E-state index contributed by atoms with van der Waals surface area (Å²) in [7, 11) is 0. The summed E-state index contributed by atoms with van der Waals surface area (Å²) in [5.41, 5.74) is 0.639. The van der Waals surface area contributed by atoms with E-state index in [0.29, 0.717) is 44.2 Å². The number of aliphatic hydroxyl groups excluding tert-OH is 1. The molecule has 1 fully saturated rings. The number of aliphatic hydroxyl groups is 1. The van der Waals surface area contributed by atoms with Crippen LogP contribution in [0.15, 0.2) is 16.7 Å². The molecule has 118 valence electrons. The van der Waals surface area contributed by atoms with Gasteiger partial charge in [-0.1, -0.05) is 0 Å². The molecule has 2 heterocycles. The highest BCUT2D eigenvalue weighted by Crippen LogP contribution is 2.14. The maximum atomic E-state index is 12.3. The molecule has 21 heavy (non-hydrogen) atoms. The van der Waals surface area contributed by atoms with Crippen LogP contribution in [0.1, 0.15) is 23.0 Å². The summed E-state index contributed by atoms with van der Waals surface area (Å²) in [6.45, 7) is 8.16. The second-order valence-electron chi connectivity index (χ2n) is 5.30. The zero-order valence-electron chi connectivity index (χ0n) is 12.7. The zero-order chi connectivity index (χ0) is 15.2. The second-order valence-corrected chi connectivity index (χ2v) is 5.30. The van der Waals surface area contributed by atoms with E-state index in [-0.39, 0.29) is 5.91 Å². The molecule has 6 heteroatoms. The monoisotopic (exact) mass is 296 g/mol. The highest BCUT2D eigenvalue weighted by molar-refractivity contribution is 5.95. The number of β-amino-alcohol motifs (C(OH)–C–C–N with tert-alkyl or cyclic N) is 1. The molecule has 1 aliphatic rings. The average molecular weight is 296 g/mol. The second kappa shape index (κ2) is 7.59. The summed E-state index contributed by atoms with van der Waals surface area (Å²) >= 11 is 0. The lowest BCUT2D eigenvalue weighted by atomic mass is 10.2. The van der Waals surface area contributed by atoms with Gasteiger partial charge in [-0.3, -0.25) is 9.69 Å². The van der Waals surface area contributed by atoms with E-state index in [1.165, 1.54) is 0 Å². The molecule has 1 aromatic rings. The van der Waals surface area contributed by atoms with Gasteiger partial charge >= 0.3 is 0 Å². The van der Waals surface area contributed by atoms with Crippen LogP contribution < -0.4 is 0 Å². The van der Waals surface area contributed by atoms with Gasteiger partial charge in [-0.2, -0.15) is 0 Å². The fourth-order valence-corrected chi connectivity index (χ4v) is 2.52. The zero-order valence-corrected chi connectivity index (χ0v) is 12.7. The van der Waals surface area contributed by atoms with Gasteiger partial charge in [0, 0.05) is 39.3 Å². The van der Waals surface area contributed by atoms with Crippen LogP contribution in [0.4, 0.5) is 0 Å². The van der Waals surface area contributed by atoms with Crippen molar-refractivity contribution < 1.29 is 19.1 Å². The van der Waals surface area contributed by atoms with Crippen molar-refractivity contribution in [3.63, 3.8) is 0 Å². The molecule has 1 saturated heterocycles. The maximum absolute atomic E-state index is 12.3. The van der Waals surface area contributed by atoms with Gasteiger partial charge in [-0.25, -0.2) is 0 Å². The van der Waals surface area contributed by atoms with E-state index >= 15 is 0 Å². The molecule has 0 aromatic carbocycles. The van der Waals surface area contributed by atoms with Crippen molar-refractivity contribution in [1.82, 2.24) is 9.80 Å². The van der Waals surface area contributed by atoms with E-state index in [1.54, 1.807) is 19.3 Å². The molecule has 6 nitrogen and oxygen atoms in total. The van der Waals surface area contributed by atoms with Gasteiger partial charge in [0.1, 0.15) is 5.76 Å². The summed E-state index contributed by atoms with van der Waals surface area (Å²) in [6.07, 6.45) is 1.08. The predicted molar refractivity (Wildman–Crippen MR) is 78.3 cm³/mol. The fourth-order valence-electron chi connectivity index (χ4n) is 2.52. The van der Waals surface area contributed by atoms with Gasteiger partial charge in [0.05, 0.1) is 24.5 Å². The molecule has 0 saturated carbocycles. The van der Waals surface area contributed by atoms with Gasteiger partial charge < -0.3 is 19.2 Å². The minimum absolute atomic E-state index is 0.0239. The number of carbonyl (C=O) groups is 1. The number of hydrogen-bond donors (Lipinski definition) is 1. The van der Waals surface area contributed by atoms with Crippen molar-refractivity contribution in [3.8, 4) is 0 Å². The summed E-state index contributed by atoms with van der Waals surface area (Å²) in [5.74, 6) is 0.685. The van der Waals surface area contributed by atoms with Gasteiger partial charge in [0.2, 0.25) is 0 Å². The Morgan fingerprint density at radius 1 is 1.43 bits per heavy atom. The highest BCUT2D eigenvalue weighted by atomic mass is 16.5. The third-order valence-corrected chi connectivity index (χ3v) is 3.73. The predicted octanol–water partition coefficient (Wildman–Crippen LogP) is 0.743. The average Bonchev–Trinajstić information content (AvgIpc) is 2.91. The maximum Gasteiger partial charge on any atom is 0.257 e. The number of rotatable bonds is 6. The van der Waals surface area contributed by atoms with Crippen molar-refractivity contribution in [2.24, 2.45) is 0 Å². The Kier molecular flexibility index (Phi) is 5.78. The quantitative estimate of drug-likeness (QED) is 0.839.